The summed E-state index contributed by atoms with van der Waals surface area (Å²) in [6.07, 6.45) is 1.77. The number of halogens is 1. The number of ketones is 1. The number of aliphatic carboxylic acids is 1. The fraction of sp³-hybridized carbons (Fsp3) is 0.292. The Morgan fingerprint density at radius 2 is 1.61 bits per heavy atom. The fourth-order valence-corrected chi connectivity index (χ4v) is 3.97. The predicted octanol–water partition coefficient (Wildman–Crippen LogP) is 4.82. The highest BCUT2D eigenvalue weighted by Crippen LogP contribution is 2.39. The maximum absolute atomic E-state index is 12.9. The molecule has 0 unspecified atom stereocenters. The standard InChI is InChI=1S/C24H24BrNO5/c1-15-6-8-17(9-7-15)22(29)20-21(16-10-12-18(25)13-11-16)26(24(31)23(20)30)14-4-2-3-5-19(27)28/h6-13,21,29H,2-5,14H2,1H3,(H,27,28)/b22-20+/t21-/m0/s1. The molecule has 1 atom stereocenters. The number of carboxylic acid groups (broad SMARTS) is 1. The molecule has 2 N–H and O–H groups in total. The lowest BCUT2D eigenvalue weighted by atomic mass is 9.95. The number of aliphatic hydroxyl groups excluding tert-OH is 1. The first kappa shape index (κ1) is 22.7. The molecule has 162 valence electrons. The summed E-state index contributed by atoms with van der Waals surface area (Å²) in [5, 5.41) is 19.8. The van der Waals surface area contributed by atoms with Gasteiger partial charge in [-0.1, -0.05) is 64.3 Å². The molecule has 2 aromatic carbocycles. The van der Waals surface area contributed by atoms with Gasteiger partial charge in [0.25, 0.3) is 11.7 Å². The molecule has 7 heteroatoms. The van der Waals surface area contributed by atoms with E-state index in [4.69, 9.17) is 5.11 Å². The van der Waals surface area contributed by atoms with Gasteiger partial charge in [0, 0.05) is 23.0 Å². The summed E-state index contributed by atoms with van der Waals surface area (Å²) < 4.78 is 0.861. The van der Waals surface area contributed by atoms with Crippen LogP contribution in [-0.2, 0) is 14.4 Å². The van der Waals surface area contributed by atoms with Gasteiger partial charge in [-0.05, 0) is 37.5 Å². The van der Waals surface area contributed by atoms with E-state index in [1.807, 2.05) is 43.3 Å². The van der Waals surface area contributed by atoms with Crippen molar-refractivity contribution >= 4 is 39.3 Å². The maximum Gasteiger partial charge on any atom is 0.303 e. The van der Waals surface area contributed by atoms with Crippen molar-refractivity contribution in [1.82, 2.24) is 4.90 Å². The predicted molar refractivity (Wildman–Crippen MR) is 120 cm³/mol. The van der Waals surface area contributed by atoms with E-state index < -0.39 is 23.7 Å². The summed E-state index contributed by atoms with van der Waals surface area (Å²) in [4.78, 5) is 38.0. The van der Waals surface area contributed by atoms with Gasteiger partial charge in [-0.15, -0.1) is 0 Å². The minimum Gasteiger partial charge on any atom is -0.507 e. The zero-order valence-corrected chi connectivity index (χ0v) is 18.8. The van der Waals surface area contributed by atoms with Gasteiger partial charge >= 0.3 is 5.97 Å². The molecule has 31 heavy (non-hydrogen) atoms. The van der Waals surface area contributed by atoms with E-state index in [0.717, 1.165) is 15.6 Å². The molecule has 0 bridgehead atoms. The largest absolute Gasteiger partial charge is 0.507 e. The van der Waals surface area contributed by atoms with Gasteiger partial charge in [0.05, 0.1) is 11.6 Å². The van der Waals surface area contributed by atoms with Crippen LogP contribution in [0.15, 0.2) is 58.6 Å². The minimum atomic E-state index is -0.853. The van der Waals surface area contributed by atoms with E-state index in [0.29, 0.717) is 31.4 Å². The molecule has 1 aliphatic heterocycles. The van der Waals surface area contributed by atoms with Crippen molar-refractivity contribution in [2.75, 3.05) is 6.54 Å². The number of aryl methyl sites for hydroxylation is 1. The van der Waals surface area contributed by atoms with Crippen molar-refractivity contribution in [2.45, 2.75) is 38.6 Å². The van der Waals surface area contributed by atoms with Crippen molar-refractivity contribution in [1.29, 1.82) is 0 Å². The Morgan fingerprint density at radius 3 is 2.23 bits per heavy atom. The normalized spacial score (nSPS) is 17.9. The van der Waals surface area contributed by atoms with Crippen molar-refractivity contribution in [2.24, 2.45) is 0 Å². The number of rotatable bonds is 8. The third-order valence-electron chi connectivity index (χ3n) is 5.34. The smallest absolute Gasteiger partial charge is 0.303 e. The number of carboxylic acids is 1. The third-order valence-corrected chi connectivity index (χ3v) is 5.87. The number of aliphatic hydroxyl groups is 1. The second-order valence-electron chi connectivity index (χ2n) is 7.61. The monoisotopic (exact) mass is 485 g/mol. The lowest BCUT2D eigenvalue weighted by Gasteiger charge is -2.25. The molecule has 6 nitrogen and oxygen atoms in total. The number of benzene rings is 2. The number of carbonyl (C=O) groups excluding carboxylic acids is 2. The number of unbranched alkanes of at least 4 members (excludes halogenated alkanes) is 2. The topological polar surface area (TPSA) is 94.9 Å². The van der Waals surface area contributed by atoms with Crippen LogP contribution < -0.4 is 0 Å². The Bertz CT molecular complexity index is 1010. The average molecular weight is 486 g/mol. The summed E-state index contributed by atoms with van der Waals surface area (Å²) in [5.74, 6) is -2.41. The number of carbonyl (C=O) groups is 3. The van der Waals surface area contributed by atoms with E-state index in [9.17, 15) is 19.5 Å². The molecule has 0 aliphatic carbocycles. The van der Waals surface area contributed by atoms with Crippen molar-refractivity contribution in [3.05, 3.63) is 75.3 Å². The summed E-state index contributed by atoms with van der Waals surface area (Å²) >= 11 is 3.39. The lowest BCUT2D eigenvalue weighted by Crippen LogP contribution is -2.30. The SMILES string of the molecule is Cc1ccc(/C(O)=C2\C(=O)C(=O)N(CCCCCC(=O)O)[C@H]2c2ccc(Br)cc2)cc1. The molecule has 0 saturated carbocycles. The first-order valence-corrected chi connectivity index (χ1v) is 10.9. The lowest BCUT2D eigenvalue weighted by molar-refractivity contribution is -0.140. The summed E-state index contributed by atoms with van der Waals surface area (Å²) in [7, 11) is 0. The maximum atomic E-state index is 12.9. The number of likely N-dealkylation sites (tertiary alicyclic amines) is 1. The van der Waals surface area contributed by atoms with Crippen molar-refractivity contribution in [3.63, 3.8) is 0 Å². The summed E-state index contributed by atoms with van der Waals surface area (Å²) in [6.45, 7) is 2.23. The molecule has 0 aromatic heterocycles. The Morgan fingerprint density at radius 1 is 0.968 bits per heavy atom. The average Bonchev–Trinajstić information content (AvgIpc) is 2.99. The molecule has 1 fully saturated rings. The second-order valence-corrected chi connectivity index (χ2v) is 8.53. The van der Waals surface area contributed by atoms with Gasteiger partial charge in [0.15, 0.2) is 0 Å². The first-order valence-electron chi connectivity index (χ1n) is 10.1. The fourth-order valence-electron chi connectivity index (χ4n) is 3.70. The Labute approximate surface area is 189 Å². The van der Waals surface area contributed by atoms with E-state index in [2.05, 4.69) is 15.9 Å². The summed E-state index contributed by atoms with van der Waals surface area (Å²) in [5.41, 5.74) is 2.29. The molecule has 0 spiro atoms. The van der Waals surface area contributed by atoms with E-state index >= 15 is 0 Å². The first-order chi connectivity index (χ1) is 14.8. The molecular weight excluding hydrogens is 462 g/mol. The number of hydrogen-bond donors (Lipinski definition) is 2. The van der Waals surface area contributed by atoms with Gasteiger partial charge < -0.3 is 15.1 Å². The van der Waals surface area contributed by atoms with E-state index in [1.54, 1.807) is 12.1 Å². The Balaban J connectivity index is 1.96. The van der Waals surface area contributed by atoms with Crippen molar-refractivity contribution < 1.29 is 24.6 Å². The number of amides is 1. The highest BCUT2D eigenvalue weighted by molar-refractivity contribution is 9.10. The van der Waals surface area contributed by atoms with Crippen LogP contribution in [-0.4, -0.2) is 39.3 Å². The van der Waals surface area contributed by atoms with Crippen LogP contribution in [0.25, 0.3) is 5.76 Å². The minimum absolute atomic E-state index is 0.0710. The van der Waals surface area contributed by atoms with Crippen LogP contribution in [0, 0.1) is 6.92 Å². The Hall–Kier alpha value is -2.93. The van der Waals surface area contributed by atoms with Gasteiger partial charge in [-0.2, -0.15) is 0 Å². The molecule has 1 aliphatic rings. The third kappa shape index (κ3) is 5.22. The molecule has 1 heterocycles. The van der Waals surface area contributed by atoms with Crippen LogP contribution in [0.5, 0.6) is 0 Å². The molecule has 2 aromatic rings. The Kier molecular flexibility index (Phi) is 7.28. The highest BCUT2D eigenvalue weighted by atomic mass is 79.9. The number of hydrogen-bond acceptors (Lipinski definition) is 4. The van der Waals surface area contributed by atoms with E-state index in [1.165, 1.54) is 4.90 Å². The quantitative estimate of drug-likeness (QED) is 0.241. The molecule has 3 rings (SSSR count). The highest BCUT2D eigenvalue weighted by Gasteiger charge is 2.45. The van der Waals surface area contributed by atoms with Crippen molar-refractivity contribution in [3.8, 4) is 0 Å². The molecular formula is C24H24BrNO5. The van der Waals surface area contributed by atoms with Gasteiger partial charge in [-0.25, -0.2) is 0 Å². The van der Waals surface area contributed by atoms with Gasteiger partial charge in [0.2, 0.25) is 0 Å². The van der Waals surface area contributed by atoms with Gasteiger partial charge in [-0.3, -0.25) is 14.4 Å². The number of nitrogens with zero attached hydrogens (tertiary/aromatic N) is 1. The zero-order chi connectivity index (χ0) is 22.5. The van der Waals surface area contributed by atoms with Crippen LogP contribution >= 0.6 is 15.9 Å². The zero-order valence-electron chi connectivity index (χ0n) is 17.2. The van der Waals surface area contributed by atoms with Gasteiger partial charge in [0.1, 0.15) is 5.76 Å². The van der Waals surface area contributed by atoms with Crippen LogP contribution in [0.4, 0.5) is 0 Å². The molecule has 1 amide bonds. The van der Waals surface area contributed by atoms with Crippen LogP contribution in [0.2, 0.25) is 0 Å². The second kappa shape index (κ2) is 9.92. The molecule has 0 radical (unpaired) electrons. The van der Waals surface area contributed by atoms with E-state index in [-0.39, 0.29) is 17.8 Å². The summed E-state index contributed by atoms with van der Waals surface area (Å²) in [6, 6.07) is 13.7. The molecule has 1 saturated heterocycles. The number of Topliss-reactive ketones (excluding diaryl/α,β-unsaturated/α-hetero) is 1. The van der Waals surface area contributed by atoms with Crippen LogP contribution in [0.3, 0.4) is 0 Å². The van der Waals surface area contributed by atoms with Crippen LogP contribution in [0.1, 0.15) is 48.4 Å².